The van der Waals surface area contributed by atoms with Crippen molar-refractivity contribution in [2.75, 3.05) is 5.73 Å². The summed E-state index contributed by atoms with van der Waals surface area (Å²) in [5.74, 6) is -0.656. The van der Waals surface area contributed by atoms with Crippen molar-refractivity contribution in [3.05, 3.63) is 65.5 Å². The van der Waals surface area contributed by atoms with Crippen LogP contribution in [0.15, 0.2) is 48.5 Å². The number of aliphatic hydroxyl groups excluding tert-OH is 1. The third-order valence-corrected chi connectivity index (χ3v) is 3.91. The number of benzene rings is 2. The molecule has 1 aromatic heterocycles. The van der Waals surface area contributed by atoms with Gasteiger partial charge in [-0.1, -0.05) is 36.4 Å². The van der Waals surface area contributed by atoms with Gasteiger partial charge < -0.3 is 15.9 Å². The molecule has 0 saturated carbocycles. The first-order chi connectivity index (χ1) is 12.1. The number of carbonyl (C=O) groups excluding carboxylic acids is 1. The molecular formula is C18H12N4O3. The maximum atomic E-state index is 12.6. The lowest BCUT2D eigenvalue weighted by Gasteiger charge is -2.07. The van der Waals surface area contributed by atoms with E-state index in [2.05, 4.69) is 15.0 Å². The predicted molar refractivity (Wildman–Crippen MR) is 91.6 cm³/mol. The third-order valence-electron chi connectivity index (χ3n) is 3.91. The Balaban J connectivity index is 1.90. The molecule has 0 fully saturated rings. The topological polar surface area (TPSA) is 122 Å². The molecule has 0 amide bonds. The van der Waals surface area contributed by atoms with Crippen molar-refractivity contribution in [1.82, 2.24) is 15.0 Å². The number of phenolic OH excluding ortho intramolecular Hbond substituents is 1. The molecule has 7 nitrogen and oxygen atoms in total. The number of nitrogen functional groups attached to an aromatic ring is 1. The van der Waals surface area contributed by atoms with Crippen molar-refractivity contribution in [3.8, 4) is 17.1 Å². The van der Waals surface area contributed by atoms with Crippen LogP contribution in [0.4, 0.5) is 5.95 Å². The Bertz CT molecular complexity index is 1060. The molecule has 4 rings (SSSR count). The molecule has 2 aromatic carbocycles. The highest BCUT2D eigenvalue weighted by atomic mass is 16.3. The number of aromatic nitrogens is 3. The highest BCUT2D eigenvalue weighted by molar-refractivity contribution is 6.38. The summed E-state index contributed by atoms with van der Waals surface area (Å²) < 4.78 is 0. The molecule has 0 aliphatic heterocycles. The van der Waals surface area contributed by atoms with Crippen LogP contribution < -0.4 is 5.73 Å². The summed E-state index contributed by atoms with van der Waals surface area (Å²) in [4.78, 5) is 24.9. The molecule has 0 atom stereocenters. The molecule has 25 heavy (non-hydrogen) atoms. The van der Waals surface area contributed by atoms with Crippen molar-refractivity contribution in [3.63, 3.8) is 0 Å². The lowest BCUT2D eigenvalue weighted by Crippen LogP contribution is -2.08. The fraction of sp³-hybridized carbons (Fsp3) is 0. The van der Waals surface area contributed by atoms with E-state index in [0.717, 1.165) is 0 Å². The Morgan fingerprint density at radius 1 is 0.760 bits per heavy atom. The summed E-state index contributed by atoms with van der Waals surface area (Å²) in [5, 5.41) is 20.4. The van der Waals surface area contributed by atoms with E-state index >= 15 is 0 Å². The molecule has 1 aliphatic carbocycles. The van der Waals surface area contributed by atoms with Gasteiger partial charge >= 0.3 is 0 Å². The zero-order chi connectivity index (χ0) is 17.6. The summed E-state index contributed by atoms with van der Waals surface area (Å²) in [6.07, 6.45) is 0. The van der Waals surface area contributed by atoms with Gasteiger partial charge in [0.1, 0.15) is 17.1 Å². The second-order valence-electron chi connectivity index (χ2n) is 5.46. The van der Waals surface area contributed by atoms with Gasteiger partial charge in [0.25, 0.3) is 0 Å². The van der Waals surface area contributed by atoms with Crippen LogP contribution in [0.5, 0.6) is 5.75 Å². The monoisotopic (exact) mass is 332 g/mol. The number of hydrogen-bond acceptors (Lipinski definition) is 7. The van der Waals surface area contributed by atoms with Crippen LogP contribution in [0.3, 0.4) is 0 Å². The summed E-state index contributed by atoms with van der Waals surface area (Å²) in [5.41, 5.74) is 6.86. The number of fused-ring (bicyclic) bond motifs is 1. The minimum absolute atomic E-state index is 0.0294. The first kappa shape index (κ1) is 14.8. The molecular weight excluding hydrogens is 320 g/mol. The molecule has 3 aromatic rings. The molecule has 4 N–H and O–H groups in total. The number of aromatic hydroxyl groups is 1. The number of nitrogens with zero attached hydrogens (tertiary/aromatic N) is 3. The number of para-hydroxylation sites is 1. The van der Waals surface area contributed by atoms with Gasteiger partial charge in [-0.25, -0.2) is 4.98 Å². The number of aliphatic hydroxyl groups is 1. The summed E-state index contributed by atoms with van der Waals surface area (Å²) in [6, 6.07) is 13.2. The van der Waals surface area contributed by atoms with Crippen LogP contribution in [0.25, 0.3) is 22.7 Å². The van der Waals surface area contributed by atoms with Crippen LogP contribution in [-0.2, 0) is 0 Å². The molecule has 0 saturated heterocycles. The molecule has 0 bridgehead atoms. The molecule has 0 unspecified atom stereocenters. The number of allylic oxidation sites excluding steroid dienone is 1. The Morgan fingerprint density at radius 3 is 2.04 bits per heavy atom. The number of hydrogen-bond donors (Lipinski definition) is 3. The number of anilines is 1. The predicted octanol–water partition coefficient (Wildman–Crippen LogP) is 2.45. The Morgan fingerprint density at radius 2 is 1.36 bits per heavy atom. The Hall–Kier alpha value is -3.74. The molecule has 122 valence electrons. The fourth-order valence-electron chi connectivity index (χ4n) is 2.76. The van der Waals surface area contributed by atoms with E-state index < -0.39 is 0 Å². The second-order valence-corrected chi connectivity index (χ2v) is 5.46. The van der Waals surface area contributed by atoms with Crippen LogP contribution in [-0.4, -0.2) is 30.9 Å². The lowest BCUT2D eigenvalue weighted by molar-refractivity contribution is 0.105. The van der Waals surface area contributed by atoms with Crippen LogP contribution in [0, 0.1) is 0 Å². The zero-order valence-electron chi connectivity index (χ0n) is 12.8. The van der Waals surface area contributed by atoms with E-state index in [-0.39, 0.29) is 40.5 Å². The Kier molecular flexibility index (Phi) is 3.21. The SMILES string of the molecule is Nc1nc(C2=C(O)c3ccccc3C2=O)nc(-c2ccccc2O)n1. The van der Waals surface area contributed by atoms with E-state index in [4.69, 9.17) is 5.73 Å². The van der Waals surface area contributed by atoms with Gasteiger partial charge in [-0.2, -0.15) is 9.97 Å². The van der Waals surface area contributed by atoms with Gasteiger partial charge in [-0.3, -0.25) is 4.79 Å². The molecule has 0 radical (unpaired) electrons. The molecule has 7 heteroatoms. The lowest BCUT2D eigenvalue weighted by atomic mass is 10.1. The number of carbonyl (C=O) groups is 1. The molecule has 1 aliphatic rings. The minimum Gasteiger partial charge on any atom is -0.507 e. The average Bonchev–Trinajstić information content (AvgIpc) is 2.86. The summed E-state index contributed by atoms with van der Waals surface area (Å²) in [7, 11) is 0. The van der Waals surface area contributed by atoms with Gasteiger partial charge in [0.15, 0.2) is 11.6 Å². The van der Waals surface area contributed by atoms with Crippen molar-refractivity contribution in [2.45, 2.75) is 0 Å². The maximum absolute atomic E-state index is 12.6. The smallest absolute Gasteiger partial charge is 0.224 e. The highest BCUT2D eigenvalue weighted by Gasteiger charge is 2.32. The normalized spacial score (nSPS) is 13.2. The second kappa shape index (κ2) is 5.41. The summed E-state index contributed by atoms with van der Waals surface area (Å²) in [6.45, 7) is 0. The van der Waals surface area contributed by atoms with Gasteiger partial charge in [0.2, 0.25) is 11.7 Å². The van der Waals surface area contributed by atoms with Gasteiger partial charge in [-0.05, 0) is 12.1 Å². The molecule has 1 heterocycles. The van der Waals surface area contributed by atoms with Gasteiger partial charge in [-0.15, -0.1) is 0 Å². The summed E-state index contributed by atoms with van der Waals surface area (Å²) >= 11 is 0. The van der Waals surface area contributed by atoms with Gasteiger partial charge in [0.05, 0.1) is 5.56 Å². The first-order valence-electron chi connectivity index (χ1n) is 7.44. The highest BCUT2D eigenvalue weighted by Crippen LogP contribution is 2.36. The van der Waals surface area contributed by atoms with Crippen LogP contribution >= 0.6 is 0 Å². The van der Waals surface area contributed by atoms with Crippen molar-refractivity contribution < 1.29 is 15.0 Å². The standard InChI is InChI=1S/C18H12N4O3/c19-18-21-16(11-7-3-4-8-12(11)23)20-17(22-18)13-14(24)9-5-1-2-6-10(9)15(13)25/h1-8,23-24H,(H2,19,20,21,22). The number of ketones is 1. The number of rotatable bonds is 2. The van der Waals surface area contributed by atoms with E-state index in [1.54, 1.807) is 42.5 Å². The number of Topliss-reactive ketones (excluding diaryl/α,β-unsaturated/α-hetero) is 1. The first-order valence-corrected chi connectivity index (χ1v) is 7.44. The number of phenols is 1. The maximum Gasteiger partial charge on any atom is 0.224 e. The van der Waals surface area contributed by atoms with Crippen molar-refractivity contribution in [2.24, 2.45) is 0 Å². The van der Waals surface area contributed by atoms with Crippen LogP contribution in [0.2, 0.25) is 0 Å². The quantitative estimate of drug-likeness (QED) is 0.658. The largest absolute Gasteiger partial charge is 0.507 e. The van der Waals surface area contributed by atoms with E-state index in [0.29, 0.717) is 16.7 Å². The third kappa shape index (κ3) is 2.29. The average molecular weight is 332 g/mol. The Labute approximate surface area is 142 Å². The van der Waals surface area contributed by atoms with Crippen molar-refractivity contribution in [1.29, 1.82) is 0 Å². The molecule has 0 spiro atoms. The van der Waals surface area contributed by atoms with E-state index in [1.807, 2.05) is 0 Å². The van der Waals surface area contributed by atoms with E-state index in [1.165, 1.54) is 6.07 Å². The zero-order valence-corrected chi connectivity index (χ0v) is 12.8. The van der Waals surface area contributed by atoms with Crippen LogP contribution in [0.1, 0.15) is 21.7 Å². The number of nitrogens with two attached hydrogens (primary N) is 1. The fourth-order valence-corrected chi connectivity index (χ4v) is 2.76. The van der Waals surface area contributed by atoms with Crippen molar-refractivity contribution >= 4 is 23.1 Å². The minimum atomic E-state index is -0.387. The van der Waals surface area contributed by atoms with Gasteiger partial charge in [0, 0.05) is 11.1 Å². The van der Waals surface area contributed by atoms with E-state index in [9.17, 15) is 15.0 Å².